The molecule has 1 aromatic heterocycles. The molecule has 0 spiro atoms. The average molecular weight is 446 g/mol. The molecular formula is C21H17F3N4O2S. The van der Waals surface area contributed by atoms with Gasteiger partial charge in [0.15, 0.2) is 0 Å². The van der Waals surface area contributed by atoms with Crippen LogP contribution in [0.3, 0.4) is 0 Å². The molecule has 0 aliphatic carbocycles. The molecule has 1 aliphatic heterocycles. The number of benzene rings is 2. The fraction of sp³-hybridized carbons (Fsp3) is 0.190. The fourth-order valence-corrected chi connectivity index (χ4v) is 4.04. The molecule has 1 aliphatic rings. The Morgan fingerprint density at radius 2 is 1.81 bits per heavy atom. The summed E-state index contributed by atoms with van der Waals surface area (Å²) < 4.78 is 37.6. The molecule has 160 valence electrons. The van der Waals surface area contributed by atoms with E-state index in [2.05, 4.69) is 10.3 Å². The lowest BCUT2D eigenvalue weighted by molar-refractivity contribution is -0.116. The van der Waals surface area contributed by atoms with Crippen LogP contribution >= 0.6 is 11.8 Å². The standard InChI is InChI=1S/C21H17F3N4O2S/c1-25-18-10-26-17-5-3-2-4-15(17)16(18)11-27-12-19(29)28(20(27)30)13-6-8-14(9-7-13)31-21(22,23)24/h2-10,25H,11-12H2,1H3. The second kappa shape index (κ2) is 8.10. The van der Waals surface area contributed by atoms with Gasteiger partial charge in [-0.2, -0.15) is 13.2 Å². The number of pyridine rings is 1. The number of halogens is 3. The van der Waals surface area contributed by atoms with Gasteiger partial charge in [0.2, 0.25) is 0 Å². The number of rotatable bonds is 5. The number of nitrogens with one attached hydrogen (secondary N) is 1. The summed E-state index contributed by atoms with van der Waals surface area (Å²) in [6, 6.07) is 12.1. The second-order valence-electron chi connectivity index (χ2n) is 6.83. The highest BCUT2D eigenvalue weighted by molar-refractivity contribution is 8.00. The number of imide groups is 1. The normalized spacial score (nSPS) is 14.6. The maximum atomic E-state index is 13.0. The molecule has 10 heteroatoms. The third kappa shape index (κ3) is 4.29. The topological polar surface area (TPSA) is 65.5 Å². The minimum absolute atomic E-state index is 0.0193. The van der Waals surface area contributed by atoms with Gasteiger partial charge in [-0.25, -0.2) is 9.69 Å². The summed E-state index contributed by atoms with van der Waals surface area (Å²) in [6.07, 6.45) is 1.68. The first-order valence-electron chi connectivity index (χ1n) is 9.29. The third-order valence-corrected chi connectivity index (χ3v) is 5.61. The van der Waals surface area contributed by atoms with Crippen molar-refractivity contribution in [2.24, 2.45) is 0 Å². The molecule has 0 atom stereocenters. The maximum absolute atomic E-state index is 13.0. The molecule has 0 saturated carbocycles. The van der Waals surface area contributed by atoms with E-state index in [1.807, 2.05) is 24.3 Å². The SMILES string of the molecule is CNc1cnc2ccccc2c1CN1CC(=O)N(c2ccc(SC(F)(F)F)cc2)C1=O. The predicted molar refractivity (Wildman–Crippen MR) is 113 cm³/mol. The second-order valence-corrected chi connectivity index (χ2v) is 7.97. The third-order valence-electron chi connectivity index (χ3n) is 4.87. The van der Waals surface area contributed by atoms with E-state index in [9.17, 15) is 22.8 Å². The summed E-state index contributed by atoms with van der Waals surface area (Å²) in [7, 11) is 1.75. The van der Waals surface area contributed by atoms with Crippen LogP contribution in [0.2, 0.25) is 0 Å². The predicted octanol–water partition coefficient (Wildman–Crippen LogP) is 4.86. The number of carbonyl (C=O) groups is 2. The maximum Gasteiger partial charge on any atom is 0.446 e. The van der Waals surface area contributed by atoms with Gasteiger partial charge in [-0.1, -0.05) is 18.2 Å². The van der Waals surface area contributed by atoms with E-state index in [1.165, 1.54) is 29.2 Å². The smallest absolute Gasteiger partial charge is 0.387 e. The molecular weight excluding hydrogens is 429 g/mol. The number of carbonyl (C=O) groups excluding carboxylic acids is 2. The summed E-state index contributed by atoms with van der Waals surface area (Å²) in [5, 5.41) is 3.92. The fourth-order valence-electron chi connectivity index (χ4n) is 3.50. The number of anilines is 2. The van der Waals surface area contributed by atoms with Crippen molar-refractivity contribution in [3.05, 3.63) is 60.3 Å². The molecule has 0 bridgehead atoms. The van der Waals surface area contributed by atoms with Crippen LogP contribution in [0, 0.1) is 0 Å². The lowest BCUT2D eigenvalue weighted by Crippen LogP contribution is -2.32. The molecule has 3 amide bonds. The summed E-state index contributed by atoms with van der Waals surface area (Å²) in [5.41, 5.74) is -1.84. The molecule has 2 heterocycles. The zero-order chi connectivity index (χ0) is 22.2. The van der Waals surface area contributed by atoms with Gasteiger partial charge in [-0.05, 0) is 42.1 Å². The van der Waals surface area contributed by atoms with Crippen molar-refractivity contribution in [1.29, 1.82) is 0 Å². The van der Waals surface area contributed by atoms with E-state index in [1.54, 1.807) is 13.2 Å². The molecule has 6 nitrogen and oxygen atoms in total. The largest absolute Gasteiger partial charge is 0.446 e. The van der Waals surface area contributed by atoms with Gasteiger partial charge in [-0.3, -0.25) is 9.78 Å². The number of urea groups is 1. The van der Waals surface area contributed by atoms with Crippen LogP contribution in [-0.2, 0) is 11.3 Å². The van der Waals surface area contributed by atoms with Gasteiger partial charge in [0.25, 0.3) is 5.91 Å². The zero-order valence-electron chi connectivity index (χ0n) is 16.3. The van der Waals surface area contributed by atoms with Crippen LogP contribution in [0.4, 0.5) is 29.3 Å². The van der Waals surface area contributed by atoms with E-state index in [4.69, 9.17) is 0 Å². The molecule has 1 fully saturated rings. The number of fused-ring (bicyclic) bond motifs is 1. The first-order chi connectivity index (χ1) is 14.8. The molecule has 31 heavy (non-hydrogen) atoms. The minimum atomic E-state index is -4.41. The van der Waals surface area contributed by atoms with Crippen LogP contribution in [0.5, 0.6) is 0 Å². The van der Waals surface area contributed by atoms with Gasteiger partial charge >= 0.3 is 11.5 Å². The number of para-hydroxylation sites is 1. The van der Waals surface area contributed by atoms with Crippen LogP contribution in [0.15, 0.2) is 59.6 Å². The zero-order valence-corrected chi connectivity index (χ0v) is 17.1. The van der Waals surface area contributed by atoms with Gasteiger partial charge in [0.05, 0.1) is 29.6 Å². The highest BCUT2D eigenvalue weighted by atomic mass is 32.2. The highest BCUT2D eigenvalue weighted by Crippen LogP contribution is 2.37. The monoisotopic (exact) mass is 446 g/mol. The van der Waals surface area contributed by atoms with E-state index in [-0.39, 0.29) is 35.4 Å². The quantitative estimate of drug-likeness (QED) is 0.448. The summed E-state index contributed by atoms with van der Waals surface area (Å²) in [6.45, 7) is 0.0555. The van der Waals surface area contributed by atoms with Crippen molar-refractivity contribution < 1.29 is 22.8 Å². The van der Waals surface area contributed by atoms with Crippen molar-refractivity contribution in [2.75, 3.05) is 23.8 Å². The van der Waals surface area contributed by atoms with Crippen LogP contribution in [0.25, 0.3) is 10.9 Å². The molecule has 2 aromatic carbocycles. The summed E-state index contributed by atoms with van der Waals surface area (Å²) in [5.74, 6) is -0.439. The Balaban J connectivity index is 1.59. The molecule has 0 radical (unpaired) electrons. The molecule has 3 aromatic rings. The Bertz CT molecular complexity index is 1150. The van der Waals surface area contributed by atoms with Crippen molar-refractivity contribution in [3.63, 3.8) is 0 Å². The number of nitrogens with zero attached hydrogens (tertiary/aromatic N) is 3. The minimum Gasteiger partial charge on any atom is -0.387 e. The Morgan fingerprint density at radius 1 is 1.10 bits per heavy atom. The highest BCUT2D eigenvalue weighted by Gasteiger charge is 2.38. The number of hydrogen-bond donors (Lipinski definition) is 1. The van der Waals surface area contributed by atoms with Crippen molar-refractivity contribution >= 4 is 46.0 Å². The Kier molecular flexibility index (Phi) is 5.48. The average Bonchev–Trinajstić information content (AvgIpc) is 3.01. The van der Waals surface area contributed by atoms with E-state index in [0.717, 1.165) is 27.1 Å². The summed E-state index contributed by atoms with van der Waals surface area (Å²) in [4.78, 5) is 32.3. The lowest BCUT2D eigenvalue weighted by atomic mass is 10.1. The van der Waals surface area contributed by atoms with Gasteiger partial charge < -0.3 is 10.2 Å². The Hall–Kier alpha value is -3.27. The Morgan fingerprint density at radius 3 is 2.48 bits per heavy atom. The molecule has 1 saturated heterocycles. The van der Waals surface area contributed by atoms with Crippen LogP contribution in [0.1, 0.15) is 5.56 Å². The van der Waals surface area contributed by atoms with Gasteiger partial charge in [0, 0.05) is 22.9 Å². The number of amides is 3. The summed E-state index contributed by atoms with van der Waals surface area (Å²) >= 11 is -0.251. The molecule has 1 N–H and O–H groups in total. The molecule has 0 unspecified atom stereocenters. The van der Waals surface area contributed by atoms with Crippen molar-refractivity contribution in [2.45, 2.75) is 16.9 Å². The van der Waals surface area contributed by atoms with E-state index >= 15 is 0 Å². The molecule has 4 rings (SSSR count). The van der Waals surface area contributed by atoms with Crippen molar-refractivity contribution in [1.82, 2.24) is 9.88 Å². The van der Waals surface area contributed by atoms with Gasteiger partial charge in [0.1, 0.15) is 6.54 Å². The number of alkyl halides is 3. The Labute approximate surface area is 180 Å². The van der Waals surface area contributed by atoms with Crippen molar-refractivity contribution in [3.8, 4) is 0 Å². The number of hydrogen-bond acceptors (Lipinski definition) is 5. The van der Waals surface area contributed by atoms with Crippen LogP contribution in [-0.4, -0.2) is 40.9 Å². The number of aromatic nitrogens is 1. The first kappa shape index (κ1) is 21.0. The number of thioether (sulfide) groups is 1. The van der Waals surface area contributed by atoms with E-state index in [0.29, 0.717) is 0 Å². The first-order valence-corrected chi connectivity index (χ1v) is 10.1. The lowest BCUT2D eigenvalue weighted by Gasteiger charge is -2.20. The van der Waals surface area contributed by atoms with Gasteiger partial charge in [-0.15, -0.1) is 0 Å². The van der Waals surface area contributed by atoms with E-state index < -0.39 is 17.4 Å². The van der Waals surface area contributed by atoms with Crippen LogP contribution < -0.4 is 10.2 Å².